The van der Waals surface area contributed by atoms with E-state index in [1.165, 1.54) is 0 Å². The van der Waals surface area contributed by atoms with E-state index in [-0.39, 0.29) is 35.2 Å². The summed E-state index contributed by atoms with van der Waals surface area (Å²) in [5.74, 6) is 0.513. The maximum atomic E-state index is 13.6. The summed E-state index contributed by atoms with van der Waals surface area (Å²) in [7, 11) is 1.59. The largest absolute Gasteiger partial charge is 0.496 e. The van der Waals surface area contributed by atoms with E-state index in [4.69, 9.17) is 4.74 Å². The molecule has 5 unspecified atom stereocenters. The molecule has 0 spiro atoms. The lowest BCUT2D eigenvalue weighted by molar-refractivity contribution is -0.132. The van der Waals surface area contributed by atoms with Gasteiger partial charge in [-0.2, -0.15) is 0 Å². The predicted molar refractivity (Wildman–Crippen MR) is 130 cm³/mol. The zero-order valence-corrected chi connectivity index (χ0v) is 20.3. The average molecular weight is 480 g/mol. The highest BCUT2D eigenvalue weighted by Gasteiger charge is 2.52. The van der Waals surface area contributed by atoms with Crippen molar-refractivity contribution in [2.24, 2.45) is 17.8 Å². The van der Waals surface area contributed by atoms with Crippen molar-refractivity contribution in [1.29, 1.82) is 0 Å². The zero-order chi connectivity index (χ0) is 24.7. The van der Waals surface area contributed by atoms with Crippen molar-refractivity contribution in [1.82, 2.24) is 15.2 Å². The lowest BCUT2D eigenvalue weighted by Gasteiger charge is -2.33. The van der Waals surface area contributed by atoms with E-state index >= 15 is 0 Å². The highest BCUT2D eigenvalue weighted by molar-refractivity contribution is 6.02. The summed E-state index contributed by atoms with van der Waals surface area (Å²) >= 11 is 0. The van der Waals surface area contributed by atoms with Crippen LogP contribution in [0.4, 0.5) is 0 Å². The van der Waals surface area contributed by atoms with Gasteiger partial charge >= 0.3 is 0 Å². The summed E-state index contributed by atoms with van der Waals surface area (Å²) in [4.78, 5) is 56.9. The minimum Gasteiger partial charge on any atom is -0.496 e. The monoisotopic (exact) mass is 479 g/mol. The number of carbonyl (C=O) groups excluding carboxylic acids is 4. The molecule has 2 amide bonds. The van der Waals surface area contributed by atoms with Gasteiger partial charge < -0.3 is 19.9 Å². The Balaban J connectivity index is 1.37. The molecular weight excluding hydrogens is 446 g/mol. The van der Waals surface area contributed by atoms with Crippen LogP contribution < -0.4 is 10.1 Å². The number of ketones is 2. The van der Waals surface area contributed by atoms with Crippen LogP contribution in [0.25, 0.3) is 10.9 Å². The molecule has 5 rings (SSSR count). The number of ether oxygens (including phenoxy) is 1. The number of methoxy groups -OCH3 is 1. The number of hydrogen-bond acceptors (Lipinski definition) is 5. The fraction of sp³-hybridized carbons (Fsp3) is 0.556. The summed E-state index contributed by atoms with van der Waals surface area (Å²) in [5.41, 5.74) is 1.21. The van der Waals surface area contributed by atoms with Crippen molar-refractivity contribution >= 4 is 34.3 Å². The number of aromatic amines is 1. The molecule has 5 atom stereocenters. The Labute approximate surface area is 204 Å². The van der Waals surface area contributed by atoms with E-state index in [1.807, 2.05) is 18.2 Å². The van der Waals surface area contributed by atoms with Gasteiger partial charge in [0.05, 0.1) is 13.2 Å². The standard InChI is InChI=1S/C27H33N3O5/c1-3-22(31)20(12-15-6-4-8-23(15)32)29-26(33)25-17-11-10-16(17)14-30(25)27(34)21-13-18-19(28-21)7-5-9-24(18)35-2/h5,7,9,13,15-17,20,25,28H,3-4,6,8,10-12,14H2,1-2H3,(H,29,33). The number of rotatable bonds is 8. The molecule has 2 saturated carbocycles. The molecule has 8 nitrogen and oxygen atoms in total. The van der Waals surface area contributed by atoms with E-state index in [2.05, 4.69) is 10.3 Å². The molecule has 35 heavy (non-hydrogen) atoms. The second kappa shape index (κ2) is 9.47. The third-order valence-electron chi connectivity index (χ3n) is 8.26. The molecule has 3 aliphatic rings. The molecule has 2 N–H and O–H groups in total. The maximum Gasteiger partial charge on any atom is 0.271 e. The quantitative estimate of drug-likeness (QED) is 0.604. The summed E-state index contributed by atoms with van der Waals surface area (Å²) in [6.45, 7) is 2.30. The summed E-state index contributed by atoms with van der Waals surface area (Å²) in [6, 6.07) is 6.07. The van der Waals surface area contributed by atoms with Gasteiger partial charge in [-0.15, -0.1) is 0 Å². The Bertz CT molecular complexity index is 1170. The number of benzene rings is 1. The van der Waals surface area contributed by atoms with Crippen LogP contribution in [0.5, 0.6) is 5.75 Å². The van der Waals surface area contributed by atoms with Gasteiger partial charge in [-0.1, -0.05) is 13.0 Å². The zero-order valence-electron chi connectivity index (χ0n) is 20.3. The minimum absolute atomic E-state index is 0.0678. The highest BCUT2D eigenvalue weighted by atomic mass is 16.5. The lowest BCUT2D eigenvalue weighted by atomic mass is 9.73. The molecule has 2 heterocycles. The number of hydrogen-bond donors (Lipinski definition) is 2. The second-order valence-electron chi connectivity index (χ2n) is 10.2. The molecule has 1 aromatic heterocycles. The number of Topliss-reactive ketones (excluding diaryl/α,β-unsaturated/α-hetero) is 2. The molecule has 8 heteroatoms. The van der Waals surface area contributed by atoms with Gasteiger partial charge in [-0.3, -0.25) is 19.2 Å². The van der Waals surface area contributed by atoms with Crippen molar-refractivity contribution in [3.8, 4) is 5.75 Å². The van der Waals surface area contributed by atoms with Crippen LogP contribution >= 0.6 is 0 Å². The Kier molecular flexibility index (Phi) is 6.38. The molecule has 1 aromatic carbocycles. The van der Waals surface area contributed by atoms with Gasteiger partial charge in [0.15, 0.2) is 5.78 Å². The first-order valence-corrected chi connectivity index (χ1v) is 12.7. The van der Waals surface area contributed by atoms with E-state index in [0.29, 0.717) is 43.2 Å². The van der Waals surface area contributed by atoms with Crippen LogP contribution in [-0.4, -0.2) is 59.0 Å². The van der Waals surface area contributed by atoms with Crippen LogP contribution in [0.3, 0.4) is 0 Å². The first-order chi connectivity index (χ1) is 16.9. The van der Waals surface area contributed by atoms with Crippen molar-refractivity contribution in [2.75, 3.05) is 13.7 Å². The number of nitrogens with one attached hydrogen (secondary N) is 2. The fourth-order valence-electron chi connectivity index (χ4n) is 6.15. The number of aromatic nitrogens is 1. The van der Waals surface area contributed by atoms with Gasteiger partial charge in [-0.05, 0) is 62.1 Å². The molecular formula is C27H33N3O5. The van der Waals surface area contributed by atoms with Gasteiger partial charge in [-0.25, -0.2) is 0 Å². The van der Waals surface area contributed by atoms with Crippen molar-refractivity contribution in [3.63, 3.8) is 0 Å². The first-order valence-electron chi connectivity index (χ1n) is 12.7. The van der Waals surface area contributed by atoms with Gasteiger partial charge in [0.1, 0.15) is 23.3 Å². The van der Waals surface area contributed by atoms with Crippen LogP contribution in [0.1, 0.15) is 62.4 Å². The van der Waals surface area contributed by atoms with E-state index in [1.54, 1.807) is 25.0 Å². The fourth-order valence-corrected chi connectivity index (χ4v) is 6.15. The number of likely N-dealkylation sites (tertiary alicyclic amines) is 1. The van der Waals surface area contributed by atoms with E-state index in [9.17, 15) is 19.2 Å². The molecule has 2 aliphatic carbocycles. The smallest absolute Gasteiger partial charge is 0.271 e. The van der Waals surface area contributed by atoms with Crippen molar-refractivity contribution in [3.05, 3.63) is 30.0 Å². The third kappa shape index (κ3) is 4.23. The number of fused-ring (bicyclic) bond motifs is 2. The van der Waals surface area contributed by atoms with Crippen LogP contribution in [-0.2, 0) is 14.4 Å². The predicted octanol–water partition coefficient (Wildman–Crippen LogP) is 3.25. The van der Waals surface area contributed by atoms with Crippen LogP contribution in [0.2, 0.25) is 0 Å². The molecule has 1 saturated heterocycles. The molecule has 186 valence electrons. The SMILES string of the molecule is CCC(=O)C(CC1CCCC1=O)NC(=O)C1C2CCC2CN1C(=O)c1cc2c(OC)cccc2[nH]1. The first kappa shape index (κ1) is 23.6. The van der Waals surface area contributed by atoms with Crippen LogP contribution in [0.15, 0.2) is 24.3 Å². The second-order valence-corrected chi connectivity index (χ2v) is 10.2. The van der Waals surface area contributed by atoms with Crippen molar-refractivity contribution in [2.45, 2.75) is 64.0 Å². The van der Waals surface area contributed by atoms with Gasteiger partial charge in [0, 0.05) is 36.2 Å². The van der Waals surface area contributed by atoms with Crippen molar-refractivity contribution < 1.29 is 23.9 Å². The Morgan fingerprint density at radius 1 is 1.23 bits per heavy atom. The topological polar surface area (TPSA) is 109 Å². The van der Waals surface area contributed by atoms with E-state index in [0.717, 1.165) is 36.6 Å². The highest BCUT2D eigenvalue weighted by Crippen LogP contribution is 2.45. The Hall–Kier alpha value is -3.16. The summed E-state index contributed by atoms with van der Waals surface area (Å²) in [5, 5.41) is 3.77. The normalized spacial score (nSPS) is 26.3. The Morgan fingerprint density at radius 2 is 2.06 bits per heavy atom. The molecule has 0 radical (unpaired) electrons. The average Bonchev–Trinajstić information content (AvgIpc) is 3.53. The van der Waals surface area contributed by atoms with E-state index < -0.39 is 12.1 Å². The molecule has 1 aliphatic heterocycles. The maximum absolute atomic E-state index is 13.6. The number of nitrogens with zero attached hydrogens (tertiary/aromatic N) is 1. The van der Waals surface area contributed by atoms with Gasteiger partial charge in [0.2, 0.25) is 5.91 Å². The lowest BCUT2D eigenvalue weighted by Crippen LogP contribution is -2.53. The molecule has 2 aromatic rings. The Morgan fingerprint density at radius 3 is 2.71 bits per heavy atom. The summed E-state index contributed by atoms with van der Waals surface area (Å²) in [6.07, 6.45) is 4.69. The minimum atomic E-state index is -0.687. The summed E-state index contributed by atoms with van der Waals surface area (Å²) < 4.78 is 5.42. The van der Waals surface area contributed by atoms with Crippen LogP contribution in [0, 0.1) is 17.8 Å². The third-order valence-corrected chi connectivity index (χ3v) is 8.26. The number of amides is 2. The number of H-pyrrole nitrogens is 1. The number of carbonyl (C=O) groups is 4. The van der Waals surface area contributed by atoms with Gasteiger partial charge in [0.25, 0.3) is 5.91 Å². The molecule has 3 fully saturated rings. The molecule has 0 bridgehead atoms.